The van der Waals surface area contributed by atoms with Gasteiger partial charge in [0.15, 0.2) is 0 Å². The van der Waals surface area contributed by atoms with E-state index in [0.717, 1.165) is 25.9 Å². The van der Waals surface area contributed by atoms with E-state index in [2.05, 4.69) is 5.32 Å². The van der Waals surface area contributed by atoms with Crippen molar-refractivity contribution >= 4 is 9.84 Å². The predicted octanol–water partition coefficient (Wildman–Crippen LogP) is 0.173. The van der Waals surface area contributed by atoms with Gasteiger partial charge in [-0.05, 0) is 37.8 Å². The summed E-state index contributed by atoms with van der Waals surface area (Å²) in [5, 5.41) is 12.6. The van der Waals surface area contributed by atoms with Crippen molar-refractivity contribution in [3.8, 4) is 0 Å². The summed E-state index contributed by atoms with van der Waals surface area (Å²) in [5.41, 5.74) is -0.159. The van der Waals surface area contributed by atoms with Gasteiger partial charge in [0, 0.05) is 12.4 Å². The number of hydrogen-bond acceptors (Lipinski definition) is 4. The Labute approximate surface area is 92.0 Å². The smallest absolute Gasteiger partial charge is 0.150 e. The number of hydrogen-bond donors (Lipinski definition) is 2. The summed E-state index contributed by atoms with van der Waals surface area (Å²) in [6.07, 6.45) is 2.35. The van der Waals surface area contributed by atoms with Crippen LogP contribution in [0.2, 0.25) is 0 Å². The lowest BCUT2D eigenvalue weighted by Crippen LogP contribution is -2.40. The van der Waals surface area contributed by atoms with Crippen molar-refractivity contribution in [3.63, 3.8) is 0 Å². The first-order valence-electron chi connectivity index (χ1n) is 5.56. The largest absolute Gasteiger partial charge is 0.396 e. The molecule has 0 unspecified atom stereocenters. The Morgan fingerprint density at radius 3 is 2.40 bits per heavy atom. The molecule has 0 aromatic carbocycles. The molecule has 90 valence electrons. The highest BCUT2D eigenvalue weighted by atomic mass is 32.2. The van der Waals surface area contributed by atoms with Crippen LogP contribution >= 0.6 is 0 Å². The van der Waals surface area contributed by atoms with Crippen LogP contribution < -0.4 is 5.32 Å². The molecule has 0 atom stereocenters. The molecular formula is C10H21NO3S. The minimum absolute atomic E-state index is 0.105. The molecule has 4 nitrogen and oxygen atoms in total. The van der Waals surface area contributed by atoms with Crippen molar-refractivity contribution in [2.75, 3.05) is 31.2 Å². The van der Waals surface area contributed by atoms with E-state index in [1.54, 1.807) is 6.92 Å². The quantitative estimate of drug-likeness (QED) is 0.713. The van der Waals surface area contributed by atoms with Gasteiger partial charge in [-0.1, -0.05) is 6.92 Å². The first-order valence-corrected chi connectivity index (χ1v) is 7.38. The Balaban J connectivity index is 2.53. The average molecular weight is 235 g/mol. The van der Waals surface area contributed by atoms with E-state index >= 15 is 0 Å². The molecule has 0 bridgehead atoms. The summed E-state index contributed by atoms with van der Waals surface area (Å²) in [6, 6.07) is 0. The van der Waals surface area contributed by atoms with Crippen molar-refractivity contribution in [1.82, 2.24) is 5.32 Å². The molecule has 1 rings (SSSR count). The van der Waals surface area contributed by atoms with Gasteiger partial charge in [0.1, 0.15) is 9.84 Å². The van der Waals surface area contributed by atoms with Crippen LogP contribution in [0.15, 0.2) is 0 Å². The lowest BCUT2D eigenvalue weighted by molar-refractivity contribution is 0.0860. The molecule has 0 amide bonds. The van der Waals surface area contributed by atoms with Gasteiger partial charge in [-0.15, -0.1) is 0 Å². The molecule has 5 heteroatoms. The van der Waals surface area contributed by atoms with Crippen LogP contribution in [-0.4, -0.2) is 44.7 Å². The van der Waals surface area contributed by atoms with Crippen LogP contribution in [0, 0.1) is 5.41 Å². The second-order valence-corrected chi connectivity index (χ2v) is 6.87. The number of sulfone groups is 1. The minimum Gasteiger partial charge on any atom is -0.396 e. The monoisotopic (exact) mass is 235 g/mol. The van der Waals surface area contributed by atoms with E-state index in [1.165, 1.54) is 0 Å². The van der Waals surface area contributed by atoms with Crippen molar-refractivity contribution in [3.05, 3.63) is 0 Å². The van der Waals surface area contributed by atoms with Crippen molar-refractivity contribution < 1.29 is 13.5 Å². The zero-order valence-corrected chi connectivity index (χ0v) is 10.1. The molecule has 15 heavy (non-hydrogen) atoms. The van der Waals surface area contributed by atoms with Crippen LogP contribution in [0.5, 0.6) is 0 Å². The number of aliphatic hydroxyl groups is 1. The topological polar surface area (TPSA) is 66.4 Å². The summed E-state index contributed by atoms with van der Waals surface area (Å²) in [6.45, 7) is 3.54. The normalized spacial score (nSPS) is 21.5. The summed E-state index contributed by atoms with van der Waals surface area (Å²) >= 11 is 0. The molecule has 0 aromatic rings. The van der Waals surface area contributed by atoms with Gasteiger partial charge in [0.2, 0.25) is 0 Å². The lowest BCUT2D eigenvalue weighted by atomic mass is 9.77. The maximum Gasteiger partial charge on any atom is 0.150 e. The third-order valence-electron chi connectivity index (χ3n) is 3.38. The average Bonchev–Trinajstić information content (AvgIpc) is 2.28. The van der Waals surface area contributed by atoms with Gasteiger partial charge < -0.3 is 10.4 Å². The molecule has 1 aliphatic rings. The third-order valence-corrected chi connectivity index (χ3v) is 5.09. The van der Waals surface area contributed by atoms with E-state index < -0.39 is 9.84 Å². The summed E-state index contributed by atoms with van der Waals surface area (Å²) in [4.78, 5) is 0. The van der Waals surface area contributed by atoms with E-state index in [1.807, 2.05) is 0 Å². The summed E-state index contributed by atoms with van der Waals surface area (Å²) in [5.74, 6) is 0.414. The fourth-order valence-corrected chi connectivity index (χ4v) is 2.99. The van der Waals surface area contributed by atoms with Crippen molar-refractivity contribution in [2.24, 2.45) is 5.41 Å². The van der Waals surface area contributed by atoms with E-state index in [4.69, 9.17) is 0 Å². The number of nitrogens with one attached hydrogen (secondary N) is 1. The highest BCUT2D eigenvalue weighted by molar-refractivity contribution is 7.91. The maximum atomic E-state index is 11.4. The Kier molecular flexibility index (Phi) is 4.55. The zero-order chi connectivity index (χ0) is 11.4. The fraction of sp³-hybridized carbons (Fsp3) is 1.00. The van der Waals surface area contributed by atoms with Gasteiger partial charge in [-0.3, -0.25) is 0 Å². The van der Waals surface area contributed by atoms with Crippen LogP contribution in [-0.2, 0) is 9.84 Å². The van der Waals surface area contributed by atoms with E-state index in [9.17, 15) is 13.5 Å². The Hall–Kier alpha value is -0.130. The Morgan fingerprint density at radius 2 is 1.93 bits per heavy atom. The lowest BCUT2D eigenvalue weighted by Gasteiger charge is -2.35. The molecule has 1 saturated heterocycles. The second-order valence-electron chi connectivity index (χ2n) is 4.39. The summed E-state index contributed by atoms with van der Waals surface area (Å²) < 4.78 is 22.8. The maximum absolute atomic E-state index is 11.4. The van der Waals surface area contributed by atoms with Gasteiger partial charge >= 0.3 is 0 Å². The van der Waals surface area contributed by atoms with Gasteiger partial charge in [-0.25, -0.2) is 8.42 Å². The number of rotatable bonds is 5. The first kappa shape index (κ1) is 12.9. The fourth-order valence-electron chi connectivity index (χ4n) is 1.96. The molecular weight excluding hydrogens is 214 g/mol. The first-order chi connectivity index (χ1) is 7.04. The predicted molar refractivity (Wildman–Crippen MR) is 60.6 cm³/mol. The molecule has 1 heterocycles. The van der Waals surface area contributed by atoms with Crippen LogP contribution in [0.25, 0.3) is 0 Å². The second kappa shape index (κ2) is 5.27. The number of aliphatic hydroxyl groups excluding tert-OH is 1. The molecule has 2 N–H and O–H groups in total. The van der Waals surface area contributed by atoms with Crippen LogP contribution in [0.1, 0.15) is 26.2 Å². The van der Waals surface area contributed by atoms with Gasteiger partial charge in [-0.2, -0.15) is 0 Å². The molecule has 1 fully saturated rings. The van der Waals surface area contributed by atoms with Crippen molar-refractivity contribution in [1.29, 1.82) is 0 Å². The number of piperidine rings is 1. The molecule has 0 aromatic heterocycles. The Bertz CT molecular complexity index is 281. The standard InChI is InChI=1S/C10H21NO3S/c1-2-15(13,14)8-5-10(9-12)3-6-11-7-4-10/h11-12H,2-9H2,1H3. The molecule has 1 aliphatic heterocycles. The third kappa shape index (κ3) is 3.74. The SMILES string of the molecule is CCS(=O)(=O)CCC1(CO)CCNCC1. The molecule has 0 saturated carbocycles. The minimum atomic E-state index is -2.90. The Morgan fingerprint density at radius 1 is 1.33 bits per heavy atom. The zero-order valence-electron chi connectivity index (χ0n) is 9.33. The highest BCUT2D eigenvalue weighted by Crippen LogP contribution is 2.32. The van der Waals surface area contributed by atoms with E-state index in [0.29, 0.717) is 6.42 Å². The van der Waals surface area contributed by atoms with E-state index in [-0.39, 0.29) is 23.5 Å². The van der Waals surface area contributed by atoms with Gasteiger partial charge in [0.05, 0.1) is 5.75 Å². The summed E-state index contributed by atoms with van der Waals surface area (Å²) in [7, 11) is -2.90. The molecule has 0 spiro atoms. The van der Waals surface area contributed by atoms with Crippen LogP contribution in [0.3, 0.4) is 0 Å². The molecule has 0 aliphatic carbocycles. The highest BCUT2D eigenvalue weighted by Gasteiger charge is 2.32. The molecule has 0 radical (unpaired) electrons. The van der Waals surface area contributed by atoms with Crippen LogP contribution in [0.4, 0.5) is 0 Å². The van der Waals surface area contributed by atoms with Gasteiger partial charge in [0.25, 0.3) is 0 Å². The van der Waals surface area contributed by atoms with Crippen molar-refractivity contribution in [2.45, 2.75) is 26.2 Å².